The lowest BCUT2D eigenvalue weighted by atomic mass is 10.1. The molecule has 1 aliphatic rings. The SMILES string of the molecule is CCC(CC(=N)N)N(CC)CC1CCCO1. The zero-order valence-corrected chi connectivity index (χ0v) is 10.5. The van der Waals surface area contributed by atoms with E-state index < -0.39 is 0 Å². The number of ether oxygens (including phenoxy) is 1. The van der Waals surface area contributed by atoms with Crippen molar-refractivity contribution in [3.63, 3.8) is 0 Å². The van der Waals surface area contributed by atoms with Crippen molar-refractivity contribution in [3.8, 4) is 0 Å². The van der Waals surface area contributed by atoms with Gasteiger partial charge in [-0.1, -0.05) is 13.8 Å². The molecular formula is C12H25N3O. The number of nitrogens with two attached hydrogens (primary N) is 1. The lowest BCUT2D eigenvalue weighted by Gasteiger charge is -2.31. The molecule has 0 bridgehead atoms. The quantitative estimate of drug-likeness (QED) is 0.513. The summed E-state index contributed by atoms with van der Waals surface area (Å²) in [5, 5.41) is 7.40. The van der Waals surface area contributed by atoms with Crippen molar-refractivity contribution < 1.29 is 4.74 Å². The first-order chi connectivity index (χ1) is 7.67. The molecule has 94 valence electrons. The van der Waals surface area contributed by atoms with Gasteiger partial charge < -0.3 is 10.5 Å². The smallest absolute Gasteiger partial charge is 0.0921 e. The Morgan fingerprint density at radius 1 is 1.56 bits per heavy atom. The first-order valence-corrected chi connectivity index (χ1v) is 6.35. The van der Waals surface area contributed by atoms with Crippen LogP contribution in [0.3, 0.4) is 0 Å². The van der Waals surface area contributed by atoms with E-state index in [1.54, 1.807) is 0 Å². The minimum atomic E-state index is 0.289. The number of amidine groups is 1. The summed E-state index contributed by atoms with van der Waals surface area (Å²) in [5.41, 5.74) is 5.49. The van der Waals surface area contributed by atoms with Crippen LogP contribution in [0.1, 0.15) is 39.5 Å². The van der Waals surface area contributed by atoms with Gasteiger partial charge >= 0.3 is 0 Å². The fraction of sp³-hybridized carbons (Fsp3) is 0.917. The van der Waals surface area contributed by atoms with Crippen LogP contribution < -0.4 is 5.73 Å². The molecule has 4 nitrogen and oxygen atoms in total. The molecule has 2 unspecified atom stereocenters. The molecule has 1 fully saturated rings. The number of likely N-dealkylation sites (N-methyl/N-ethyl adjacent to an activating group) is 1. The van der Waals surface area contributed by atoms with Crippen LogP contribution in [0.2, 0.25) is 0 Å². The molecule has 16 heavy (non-hydrogen) atoms. The van der Waals surface area contributed by atoms with Gasteiger partial charge in [0, 0.05) is 25.6 Å². The number of nitrogens with zero attached hydrogens (tertiary/aromatic N) is 1. The van der Waals surface area contributed by atoms with Crippen LogP contribution in [0.5, 0.6) is 0 Å². The van der Waals surface area contributed by atoms with Crippen LogP contribution in [-0.2, 0) is 4.74 Å². The normalized spacial score (nSPS) is 22.6. The Labute approximate surface area is 98.6 Å². The maximum Gasteiger partial charge on any atom is 0.0921 e. The molecule has 1 saturated heterocycles. The lowest BCUT2D eigenvalue weighted by Crippen LogP contribution is -2.42. The van der Waals surface area contributed by atoms with E-state index >= 15 is 0 Å². The van der Waals surface area contributed by atoms with Gasteiger partial charge in [0.15, 0.2) is 0 Å². The zero-order chi connectivity index (χ0) is 12.0. The van der Waals surface area contributed by atoms with E-state index in [1.165, 1.54) is 12.8 Å². The van der Waals surface area contributed by atoms with E-state index in [1.807, 2.05) is 0 Å². The summed E-state index contributed by atoms with van der Waals surface area (Å²) in [6.07, 6.45) is 4.47. The van der Waals surface area contributed by atoms with E-state index in [-0.39, 0.29) is 5.84 Å². The molecule has 4 heteroatoms. The molecule has 0 radical (unpaired) electrons. The van der Waals surface area contributed by atoms with Gasteiger partial charge in [-0.15, -0.1) is 0 Å². The van der Waals surface area contributed by atoms with E-state index in [0.29, 0.717) is 18.6 Å². The van der Waals surface area contributed by atoms with Gasteiger partial charge in [0.1, 0.15) is 0 Å². The van der Waals surface area contributed by atoms with Crippen LogP contribution in [0, 0.1) is 5.41 Å². The maximum absolute atomic E-state index is 7.40. The number of nitrogens with one attached hydrogen (secondary N) is 1. The van der Waals surface area contributed by atoms with E-state index in [9.17, 15) is 0 Å². The van der Waals surface area contributed by atoms with E-state index in [2.05, 4.69) is 18.7 Å². The largest absolute Gasteiger partial charge is 0.388 e. The molecule has 3 N–H and O–H groups in total. The Hall–Kier alpha value is -0.610. The average Bonchev–Trinajstić information content (AvgIpc) is 2.75. The summed E-state index contributed by atoms with van der Waals surface area (Å²) in [6.45, 7) is 7.23. The summed E-state index contributed by atoms with van der Waals surface area (Å²) in [4.78, 5) is 2.40. The third-order valence-corrected chi connectivity index (χ3v) is 3.31. The summed E-state index contributed by atoms with van der Waals surface area (Å²) in [7, 11) is 0. The van der Waals surface area contributed by atoms with Crippen LogP contribution in [0.25, 0.3) is 0 Å². The van der Waals surface area contributed by atoms with E-state index in [0.717, 1.165) is 26.1 Å². The molecule has 2 atom stereocenters. The van der Waals surface area contributed by atoms with Gasteiger partial charge in [-0.2, -0.15) is 0 Å². The van der Waals surface area contributed by atoms with Gasteiger partial charge in [0.25, 0.3) is 0 Å². The minimum Gasteiger partial charge on any atom is -0.388 e. The standard InChI is InChI=1S/C12H25N3O/c1-3-10(8-12(13)14)15(4-2)9-11-6-5-7-16-11/h10-11H,3-9H2,1-2H3,(H3,13,14). The highest BCUT2D eigenvalue weighted by molar-refractivity contribution is 5.77. The fourth-order valence-corrected chi connectivity index (χ4v) is 2.37. The van der Waals surface area contributed by atoms with Gasteiger partial charge in [0.05, 0.1) is 11.9 Å². The topological polar surface area (TPSA) is 62.3 Å². The molecule has 1 aliphatic heterocycles. The monoisotopic (exact) mass is 227 g/mol. The molecule has 0 aromatic rings. The molecule has 0 aromatic heterocycles. The maximum atomic E-state index is 7.40. The second-order valence-corrected chi connectivity index (χ2v) is 4.51. The molecule has 0 aromatic carbocycles. The first kappa shape index (κ1) is 13.5. The van der Waals surface area contributed by atoms with Crippen molar-refractivity contribution in [2.75, 3.05) is 19.7 Å². The van der Waals surface area contributed by atoms with Crippen molar-refractivity contribution >= 4 is 5.84 Å². The molecule has 0 saturated carbocycles. The highest BCUT2D eigenvalue weighted by Gasteiger charge is 2.23. The van der Waals surface area contributed by atoms with Crippen molar-refractivity contribution in [3.05, 3.63) is 0 Å². The summed E-state index contributed by atoms with van der Waals surface area (Å²) >= 11 is 0. The second kappa shape index (κ2) is 6.86. The molecule has 1 heterocycles. The van der Waals surface area contributed by atoms with Gasteiger partial charge in [-0.05, 0) is 25.8 Å². The predicted molar refractivity (Wildman–Crippen MR) is 66.8 cm³/mol. The molecule has 0 amide bonds. The zero-order valence-electron chi connectivity index (χ0n) is 10.5. The summed E-state index contributed by atoms with van der Waals surface area (Å²) in [5.74, 6) is 0.289. The van der Waals surface area contributed by atoms with Gasteiger partial charge in [-0.3, -0.25) is 10.3 Å². The fourth-order valence-electron chi connectivity index (χ4n) is 2.37. The van der Waals surface area contributed by atoms with Crippen molar-refractivity contribution in [1.82, 2.24) is 4.90 Å². The Kier molecular flexibility index (Phi) is 5.77. The Morgan fingerprint density at radius 3 is 2.75 bits per heavy atom. The first-order valence-electron chi connectivity index (χ1n) is 6.35. The highest BCUT2D eigenvalue weighted by atomic mass is 16.5. The van der Waals surface area contributed by atoms with Crippen molar-refractivity contribution in [2.24, 2.45) is 5.73 Å². The Balaban J connectivity index is 2.45. The summed E-state index contributed by atoms with van der Waals surface area (Å²) in [6, 6.07) is 0.395. The van der Waals surface area contributed by atoms with Gasteiger partial charge in [-0.25, -0.2) is 0 Å². The summed E-state index contributed by atoms with van der Waals surface area (Å²) < 4.78 is 5.66. The Bertz CT molecular complexity index is 214. The van der Waals surface area contributed by atoms with Gasteiger partial charge in [0.2, 0.25) is 0 Å². The van der Waals surface area contributed by atoms with E-state index in [4.69, 9.17) is 15.9 Å². The minimum absolute atomic E-state index is 0.289. The Morgan fingerprint density at radius 2 is 2.31 bits per heavy atom. The second-order valence-electron chi connectivity index (χ2n) is 4.51. The van der Waals surface area contributed by atoms with Crippen LogP contribution in [0.4, 0.5) is 0 Å². The average molecular weight is 227 g/mol. The van der Waals surface area contributed by atoms with Crippen LogP contribution in [-0.4, -0.2) is 42.6 Å². The molecular weight excluding hydrogens is 202 g/mol. The van der Waals surface area contributed by atoms with Crippen LogP contribution in [0.15, 0.2) is 0 Å². The van der Waals surface area contributed by atoms with Crippen molar-refractivity contribution in [2.45, 2.75) is 51.7 Å². The molecule has 0 aliphatic carbocycles. The predicted octanol–water partition coefficient (Wildman–Crippen LogP) is 1.59. The highest BCUT2D eigenvalue weighted by Crippen LogP contribution is 2.16. The molecule has 0 spiro atoms. The lowest BCUT2D eigenvalue weighted by molar-refractivity contribution is 0.0593. The van der Waals surface area contributed by atoms with Crippen molar-refractivity contribution in [1.29, 1.82) is 5.41 Å². The molecule has 1 rings (SSSR count). The number of rotatable bonds is 7. The third kappa shape index (κ3) is 4.10. The van der Waals surface area contributed by atoms with Crippen LogP contribution >= 0.6 is 0 Å². The number of hydrogen-bond acceptors (Lipinski definition) is 3. The number of hydrogen-bond donors (Lipinski definition) is 2. The third-order valence-electron chi connectivity index (χ3n) is 3.31.